The van der Waals surface area contributed by atoms with Gasteiger partial charge in [0.25, 0.3) is 5.91 Å². The van der Waals surface area contributed by atoms with Crippen LogP contribution in [-0.4, -0.2) is 35.8 Å². The maximum atomic E-state index is 12.6. The molecule has 0 aromatic heterocycles. The van der Waals surface area contributed by atoms with Gasteiger partial charge in [0.15, 0.2) is 0 Å². The van der Waals surface area contributed by atoms with E-state index in [4.69, 9.17) is 0 Å². The molecule has 1 aliphatic heterocycles. The number of imide groups is 1. The molecule has 114 valence electrons. The Morgan fingerprint density at radius 2 is 1.71 bits per heavy atom. The molecule has 0 N–H and O–H groups in total. The van der Waals surface area contributed by atoms with Gasteiger partial charge >= 0.3 is 0 Å². The van der Waals surface area contributed by atoms with Crippen molar-refractivity contribution >= 4 is 17.5 Å². The zero-order valence-corrected chi connectivity index (χ0v) is 13.3. The maximum absolute atomic E-state index is 12.6. The van der Waals surface area contributed by atoms with Gasteiger partial charge in [-0.2, -0.15) is 0 Å². The Kier molecular flexibility index (Phi) is 4.78. The first-order valence-corrected chi connectivity index (χ1v) is 7.70. The lowest BCUT2D eigenvalue weighted by molar-refractivity contribution is -0.122. The van der Waals surface area contributed by atoms with Gasteiger partial charge < -0.3 is 0 Å². The van der Waals surface area contributed by atoms with Gasteiger partial charge in [0, 0.05) is 0 Å². The van der Waals surface area contributed by atoms with E-state index in [9.17, 15) is 9.59 Å². The molecule has 0 radical (unpaired) electrons. The van der Waals surface area contributed by atoms with Crippen molar-refractivity contribution in [2.45, 2.75) is 46.1 Å². The average molecular weight is 288 g/mol. The summed E-state index contributed by atoms with van der Waals surface area (Å²) in [5.41, 5.74) is 1.89. The summed E-state index contributed by atoms with van der Waals surface area (Å²) >= 11 is 0. The number of nitrogens with zero attached hydrogens (tertiary/aromatic N) is 2. The number of likely N-dealkylation sites (N-methyl/N-ethyl adjacent to an activating group) is 1. The summed E-state index contributed by atoms with van der Waals surface area (Å²) in [5.74, 6) is 0.239. The molecule has 1 heterocycles. The van der Waals surface area contributed by atoms with E-state index in [1.807, 2.05) is 43.0 Å². The molecule has 2 rings (SSSR count). The number of anilines is 1. The number of carbonyl (C=O) groups excluding carboxylic acids is 2. The molecule has 2 amide bonds. The Labute approximate surface area is 126 Å². The van der Waals surface area contributed by atoms with Crippen molar-refractivity contribution in [2.24, 2.45) is 0 Å². The predicted molar refractivity (Wildman–Crippen MR) is 84.4 cm³/mol. The molecule has 0 bridgehead atoms. The molecular weight excluding hydrogens is 264 g/mol. The highest BCUT2D eigenvalue weighted by atomic mass is 16.2. The van der Waals surface area contributed by atoms with E-state index in [0.717, 1.165) is 13.1 Å². The average Bonchev–Trinajstić information content (AvgIpc) is 2.76. The fourth-order valence-electron chi connectivity index (χ4n) is 2.85. The first kappa shape index (κ1) is 15.7. The SMILES string of the molecule is CCN(CC)[C@H]1CC(=O)N(c2ccc(C(C)C)cc2)C1=O. The van der Waals surface area contributed by atoms with Crippen LogP contribution in [0, 0.1) is 0 Å². The Balaban J connectivity index is 2.24. The zero-order valence-electron chi connectivity index (χ0n) is 13.3. The lowest BCUT2D eigenvalue weighted by atomic mass is 10.0. The van der Waals surface area contributed by atoms with Crippen LogP contribution in [0.3, 0.4) is 0 Å². The number of amides is 2. The Morgan fingerprint density at radius 3 is 2.19 bits per heavy atom. The number of hydrogen-bond donors (Lipinski definition) is 0. The molecular formula is C17H24N2O2. The molecule has 1 aromatic rings. The van der Waals surface area contributed by atoms with E-state index in [-0.39, 0.29) is 24.3 Å². The minimum atomic E-state index is -0.308. The van der Waals surface area contributed by atoms with Crippen LogP contribution in [0.1, 0.15) is 45.6 Å². The highest BCUT2D eigenvalue weighted by Gasteiger charge is 2.41. The second kappa shape index (κ2) is 6.39. The highest BCUT2D eigenvalue weighted by Crippen LogP contribution is 2.27. The molecule has 0 unspecified atom stereocenters. The summed E-state index contributed by atoms with van der Waals surface area (Å²) in [4.78, 5) is 28.2. The van der Waals surface area contributed by atoms with Crippen LogP contribution in [0.25, 0.3) is 0 Å². The molecule has 0 spiro atoms. The van der Waals surface area contributed by atoms with Crippen LogP contribution < -0.4 is 4.90 Å². The van der Waals surface area contributed by atoms with Crippen molar-refractivity contribution in [3.8, 4) is 0 Å². The third kappa shape index (κ3) is 3.00. The number of benzene rings is 1. The zero-order chi connectivity index (χ0) is 15.6. The van der Waals surface area contributed by atoms with E-state index in [1.165, 1.54) is 10.5 Å². The molecule has 1 atom stereocenters. The standard InChI is InChI=1S/C17H24N2O2/c1-5-18(6-2)15-11-16(20)19(17(15)21)14-9-7-13(8-10-14)12(3)4/h7-10,12,15H,5-6,11H2,1-4H3/t15-/m0/s1. The van der Waals surface area contributed by atoms with Gasteiger partial charge in [-0.25, -0.2) is 4.90 Å². The topological polar surface area (TPSA) is 40.6 Å². The minimum Gasteiger partial charge on any atom is -0.292 e. The van der Waals surface area contributed by atoms with Gasteiger partial charge in [-0.1, -0.05) is 39.8 Å². The lowest BCUT2D eigenvalue weighted by Gasteiger charge is -2.24. The van der Waals surface area contributed by atoms with Gasteiger partial charge in [0.1, 0.15) is 0 Å². The van der Waals surface area contributed by atoms with E-state index in [2.05, 4.69) is 13.8 Å². The second-order valence-corrected chi connectivity index (χ2v) is 5.75. The van der Waals surface area contributed by atoms with Crippen LogP contribution in [0.4, 0.5) is 5.69 Å². The normalized spacial score (nSPS) is 19.1. The van der Waals surface area contributed by atoms with Crippen LogP contribution in [-0.2, 0) is 9.59 Å². The molecule has 4 heteroatoms. The van der Waals surface area contributed by atoms with Gasteiger partial charge in [0.05, 0.1) is 18.2 Å². The lowest BCUT2D eigenvalue weighted by Crippen LogP contribution is -2.42. The van der Waals surface area contributed by atoms with E-state index in [1.54, 1.807) is 0 Å². The molecule has 0 saturated carbocycles. The predicted octanol–water partition coefficient (Wildman–Crippen LogP) is 2.78. The maximum Gasteiger partial charge on any atom is 0.251 e. The first-order chi connectivity index (χ1) is 9.99. The Hall–Kier alpha value is -1.68. The van der Waals surface area contributed by atoms with E-state index in [0.29, 0.717) is 11.6 Å². The van der Waals surface area contributed by atoms with Gasteiger partial charge in [-0.05, 0) is 36.7 Å². The summed E-state index contributed by atoms with van der Waals surface area (Å²) in [5, 5.41) is 0. The van der Waals surface area contributed by atoms with Crippen LogP contribution in [0.5, 0.6) is 0 Å². The molecule has 1 saturated heterocycles. The van der Waals surface area contributed by atoms with Crippen molar-refractivity contribution in [3.63, 3.8) is 0 Å². The van der Waals surface area contributed by atoms with Crippen molar-refractivity contribution < 1.29 is 9.59 Å². The Bertz CT molecular complexity index is 518. The third-order valence-electron chi connectivity index (χ3n) is 4.19. The quantitative estimate of drug-likeness (QED) is 0.782. The summed E-state index contributed by atoms with van der Waals surface area (Å²) in [7, 11) is 0. The fraction of sp³-hybridized carbons (Fsp3) is 0.529. The monoisotopic (exact) mass is 288 g/mol. The molecule has 4 nitrogen and oxygen atoms in total. The van der Waals surface area contributed by atoms with Gasteiger partial charge in [0.2, 0.25) is 5.91 Å². The summed E-state index contributed by atoms with van der Waals surface area (Å²) < 4.78 is 0. The van der Waals surface area contributed by atoms with E-state index >= 15 is 0 Å². The summed E-state index contributed by atoms with van der Waals surface area (Å²) in [6.45, 7) is 9.83. The number of rotatable bonds is 5. The smallest absolute Gasteiger partial charge is 0.251 e. The molecule has 0 aliphatic carbocycles. The van der Waals surface area contributed by atoms with Crippen LogP contribution >= 0.6 is 0 Å². The molecule has 21 heavy (non-hydrogen) atoms. The Morgan fingerprint density at radius 1 is 1.14 bits per heavy atom. The second-order valence-electron chi connectivity index (χ2n) is 5.75. The van der Waals surface area contributed by atoms with Crippen LogP contribution in [0.2, 0.25) is 0 Å². The molecule has 1 aromatic carbocycles. The number of carbonyl (C=O) groups is 2. The fourth-order valence-corrected chi connectivity index (χ4v) is 2.85. The van der Waals surface area contributed by atoms with Crippen molar-refractivity contribution in [2.75, 3.05) is 18.0 Å². The van der Waals surface area contributed by atoms with Gasteiger partial charge in [-0.15, -0.1) is 0 Å². The first-order valence-electron chi connectivity index (χ1n) is 7.70. The third-order valence-corrected chi connectivity index (χ3v) is 4.19. The highest BCUT2D eigenvalue weighted by molar-refractivity contribution is 6.22. The minimum absolute atomic E-state index is 0.0963. The van der Waals surface area contributed by atoms with E-state index < -0.39 is 0 Å². The van der Waals surface area contributed by atoms with Gasteiger partial charge in [-0.3, -0.25) is 14.5 Å². The summed E-state index contributed by atoms with van der Waals surface area (Å²) in [6, 6.07) is 7.42. The van der Waals surface area contributed by atoms with Crippen molar-refractivity contribution in [1.82, 2.24) is 4.90 Å². The van der Waals surface area contributed by atoms with Crippen molar-refractivity contribution in [3.05, 3.63) is 29.8 Å². The van der Waals surface area contributed by atoms with Crippen molar-refractivity contribution in [1.29, 1.82) is 0 Å². The van der Waals surface area contributed by atoms with Crippen LogP contribution in [0.15, 0.2) is 24.3 Å². The number of hydrogen-bond acceptors (Lipinski definition) is 3. The largest absolute Gasteiger partial charge is 0.292 e. The summed E-state index contributed by atoms with van der Waals surface area (Å²) in [6.07, 6.45) is 0.284. The molecule has 1 fully saturated rings. The molecule has 1 aliphatic rings.